The molecule has 0 aliphatic rings. The minimum absolute atomic E-state index is 0.112. The van der Waals surface area contributed by atoms with Gasteiger partial charge < -0.3 is 9.47 Å². The van der Waals surface area contributed by atoms with Crippen LogP contribution in [0.1, 0.15) is 39.5 Å². The van der Waals surface area contributed by atoms with Gasteiger partial charge in [0.2, 0.25) is 0 Å². The fourth-order valence-corrected chi connectivity index (χ4v) is 1.40. The van der Waals surface area contributed by atoms with Gasteiger partial charge in [-0.1, -0.05) is 29.8 Å². The molecule has 16 heavy (non-hydrogen) atoms. The van der Waals surface area contributed by atoms with Crippen molar-refractivity contribution in [1.29, 1.82) is 0 Å². The molecule has 0 fully saturated rings. The molecule has 0 aromatic heterocycles. The first kappa shape index (κ1) is 15.4. The molecule has 4 nitrogen and oxygen atoms in total. The Balaban J connectivity index is 3.90. The number of alkyl halides is 1. The normalized spacial score (nSPS) is 11.9. The second kappa shape index (κ2) is 9.63. The number of rotatable bonds is 8. The molecule has 0 N–H and O–H groups in total. The van der Waals surface area contributed by atoms with Crippen LogP contribution in [-0.2, 0) is 19.1 Å². The Kier molecular flexibility index (Phi) is 9.28. The highest BCUT2D eigenvalue weighted by Crippen LogP contribution is 2.07. The van der Waals surface area contributed by atoms with E-state index in [4.69, 9.17) is 9.47 Å². The van der Waals surface area contributed by atoms with E-state index in [1.54, 1.807) is 0 Å². The Morgan fingerprint density at radius 3 is 2.38 bits per heavy atom. The standard InChI is InChI=1S/C11H19BrO4/c1-3-5-10(13)16-9(8-12)7-11(14)15-6-4-2/h9H,3-8H2,1-2H3. The van der Waals surface area contributed by atoms with Gasteiger partial charge in [0.15, 0.2) is 0 Å². The van der Waals surface area contributed by atoms with Crippen LogP contribution in [0.15, 0.2) is 0 Å². The van der Waals surface area contributed by atoms with E-state index in [0.29, 0.717) is 18.4 Å². The summed E-state index contributed by atoms with van der Waals surface area (Å²) in [5, 5.41) is 0.448. The number of carbonyl (C=O) groups is 2. The minimum Gasteiger partial charge on any atom is -0.466 e. The van der Waals surface area contributed by atoms with E-state index in [-0.39, 0.29) is 18.4 Å². The lowest BCUT2D eigenvalue weighted by Gasteiger charge is -2.14. The molecule has 0 aliphatic heterocycles. The van der Waals surface area contributed by atoms with Gasteiger partial charge in [0, 0.05) is 11.8 Å². The number of ether oxygens (including phenoxy) is 2. The van der Waals surface area contributed by atoms with E-state index in [1.165, 1.54) is 0 Å². The largest absolute Gasteiger partial charge is 0.466 e. The molecule has 94 valence electrons. The zero-order valence-electron chi connectivity index (χ0n) is 9.83. The summed E-state index contributed by atoms with van der Waals surface area (Å²) in [4.78, 5) is 22.5. The molecule has 1 unspecified atom stereocenters. The van der Waals surface area contributed by atoms with Crippen molar-refractivity contribution >= 4 is 27.9 Å². The molecule has 0 heterocycles. The van der Waals surface area contributed by atoms with Crippen LogP contribution in [0.2, 0.25) is 0 Å². The Morgan fingerprint density at radius 2 is 1.88 bits per heavy atom. The lowest BCUT2D eigenvalue weighted by molar-refractivity contribution is -0.153. The minimum atomic E-state index is -0.427. The summed E-state index contributed by atoms with van der Waals surface area (Å²) in [6.45, 7) is 4.24. The highest BCUT2D eigenvalue weighted by molar-refractivity contribution is 9.09. The molecule has 0 bridgehead atoms. The molecule has 0 saturated heterocycles. The van der Waals surface area contributed by atoms with Crippen LogP contribution in [0.25, 0.3) is 0 Å². The van der Waals surface area contributed by atoms with Crippen LogP contribution in [-0.4, -0.2) is 30.0 Å². The predicted octanol–water partition coefficient (Wildman–Crippen LogP) is 2.44. The van der Waals surface area contributed by atoms with Crippen molar-refractivity contribution in [2.45, 2.75) is 45.6 Å². The Hall–Kier alpha value is -0.580. The second-order valence-corrected chi connectivity index (χ2v) is 4.09. The fourth-order valence-electron chi connectivity index (χ4n) is 1.04. The highest BCUT2D eigenvalue weighted by atomic mass is 79.9. The molecular formula is C11H19BrO4. The van der Waals surface area contributed by atoms with Gasteiger partial charge >= 0.3 is 11.9 Å². The van der Waals surface area contributed by atoms with Gasteiger partial charge in [0.25, 0.3) is 0 Å². The van der Waals surface area contributed by atoms with E-state index in [9.17, 15) is 9.59 Å². The summed E-state index contributed by atoms with van der Waals surface area (Å²) in [6, 6.07) is 0. The summed E-state index contributed by atoms with van der Waals surface area (Å²) in [5.74, 6) is -0.592. The van der Waals surface area contributed by atoms with Gasteiger partial charge in [-0.05, 0) is 12.8 Å². The van der Waals surface area contributed by atoms with E-state index < -0.39 is 6.10 Å². The number of halogens is 1. The first-order chi connectivity index (χ1) is 7.63. The van der Waals surface area contributed by atoms with Crippen LogP contribution < -0.4 is 0 Å². The van der Waals surface area contributed by atoms with Crippen molar-refractivity contribution < 1.29 is 19.1 Å². The van der Waals surface area contributed by atoms with Crippen molar-refractivity contribution in [1.82, 2.24) is 0 Å². The van der Waals surface area contributed by atoms with E-state index in [2.05, 4.69) is 15.9 Å². The van der Waals surface area contributed by atoms with Gasteiger partial charge in [-0.15, -0.1) is 0 Å². The molecule has 0 spiro atoms. The Labute approximate surface area is 105 Å². The number of carbonyl (C=O) groups excluding carboxylic acids is 2. The third-order valence-electron chi connectivity index (χ3n) is 1.79. The lowest BCUT2D eigenvalue weighted by atomic mass is 10.3. The van der Waals surface area contributed by atoms with Gasteiger partial charge in [-0.2, -0.15) is 0 Å². The average molecular weight is 295 g/mol. The molecule has 0 aromatic rings. The molecule has 0 saturated carbocycles. The average Bonchev–Trinajstić information content (AvgIpc) is 2.25. The summed E-state index contributed by atoms with van der Waals surface area (Å²) in [5.41, 5.74) is 0. The molecular weight excluding hydrogens is 276 g/mol. The summed E-state index contributed by atoms with van der Waals surface area (Å²) in [6.07, 6.45) is 1.60. The zero-order valence-corrected chi connectivity index (χ0v) is 11.4. The highest BCUT2D eigenvalue weighted by Gasteiger charge is 2.17. The molecule has 0 radical (unpaired) electrons. The van der Waals surface area contributed by atoms with Crippen molar-refractivity contribution in [2.75, 3.05) is 11.9 Å². The van der Waals surface area contributed by atoms with Crippen LogP contribution in [0.3, 0.4) is 0 Å². The van der Waals surface area contributed by atoms with Crippen LogP contribution in [0, 0.1) is 0 Å². The number of esters is 2. The van der Waals surface area contributed by atoms with Crippen LogP contribution in [0.4, 0.5) is 0 Å². The first-order valence-electron chi connectivity index (χ1n) is 5.55. The second-order valence-electron chi connectivity index (χ2n) is 3.44. The van der Waals surface area contributed by atoms with Crippen LogP contribution >= 0.6 is 15.9 Å². The molecule has 0 rings (SSSR count). The van der Waals surface area contributed by atoms with Gasteiger partial charge in [-0.25, -0.2) is 0 Å². The molecule has 0 aliphatic carbocycles. The smallest absolute Gasteiger partial charge is 0.309 e. The SMILES string of the molecule is CCCOC(=O)CC(CBr)OC(=O)CCC. The number of hydrogen-bond donors (Lipinski definition) is 0. The molecule has 0 aromatic carbocycles. The summed E-state index contributed by atoms with van der Waals surface area (Å²) >= 11 is 3.21. The van der Waals surface area contributed by atoms with E-state index in [1.807, 2.05) is 13.8 Å². The quantitative estimate of drug-likeness (QED) is 0.510. The molecule has 1 atom stereocenters. The zero-order chi connectivity index (χ0) is 12.4. The fraction of sp³-hybridized carbons (Fsp3) is 0.818. The van der Waals surface area contributed by atoms with Crippen molar-refractivity contribution in [2.24, 2.45) is 0 Å². The topological polar surface area (TPSA) is 52.6 Å². The van der Waals surface area contributed by atoms with Gasteiger partial charge in [-0.3, -0.25) is 9.59 Å². The summed E-state index contributed by atoms with van der Waals surface area (Å²) in [7, 11) is 0. The van der Waals surface area contributed by atoms with E-state index >= 15 is 0 Å². The van der Waals surface area contributed by atoms with Crippen molar-refractivity contribution in [3.8, 4) is 0 Å². The predicted molar refractivity (Wildman–Crippen MR) is 64.4 cm³/mol. The van der Waals surface area contributed by atoms with Gasteiger partial charge in [0.05, 0.1) is 13.0 Å². The third kappa shape index (κ3) is 7.68. The van der Waals surface area contributed by atoms with Crippen LogP contribution in [0.5, 0.6) is 0 Å². The lowest BCUT2D eigenvalue weighted by Crippen LogP contribution is -2.24. The maximum Gasteiger partial charge on any atom is 0.309 e. The molecule has 0 amide bonds. The summed E-state index contributed by atoms with van der Waals surface area (Å²) < 4.78 is 10.0. The maximum absolute atomic E-state index is 11.3. The van der Waals surface area contributed by atoms with Crippen molar-refractivity contribution in [3.05, 3.63) is 0 Å². The maximum atomic E-state index is 11.3. The van der Waals surface area contributed by atoms with Gasteiger partial charge in [0.1, 0.15) is 6.10 Å². The monoisotopic (exact) mass is 294 g/mol. The number of hydrogen-bond acceptors (Lipinski definition) is 4. The Bertz CT molecular complexity index is 218. The first-order valence-corrected chi connectivity index (χ1v) is 6.67. The molecule has 5 heteroatoms. The van der Waals surface area contributed by atoms with E-state index in [0.717, 1.165) is 12.8 Å². The Morgan fingerprint density at radius 1 is 1.19 bits per heavy atom. The third-order valence-corrected chi connectivity index (χ3v) is 2.51. The van der Waals surface area contributed by atoms with Crippen molar-refractivity contribution in [3.63, 3.8) is 0 Å².